The van der Waals surface area contributed by atoms with E-state index in [4.69, 9.17) is 9.47 Å². The Morgan fingerprint density at radius 1 is 1.12 bits per heavy atom. The third kappa shape index (κ3) is 4.24. The number of amidine groups is 1. The zero-order valence-corrected chi connectivity index (χ0v) is 16.0. The van der Waals surface area contributed by atoms with E-state index >= 15 is 0 Å². The summed E-state index contributed by atoms with van der Waals surface area (Å²) in [5.41, 5.74) is 1.57. The van der Waals surface area contributed by atoms with Crippen LogP contribution in [-0.2, 0) is 4.79 Å². The van der Waals surface area contributed by atoms with Gasteiger partial charge < -0.3 is 14.8 Å². The van der Waals surface area contributed by atoms with Crippen LogP contribution < -0.4 is 14.8 Å². The van der Waals surface area contributed by atoms with Crippen molar-refractivity contribution < 1.29 is 14.3 Å². The van der Waals surface area contributed by atoms with Crippen LogP contribution in [0.25, 0.3) is 6.08 Å². The minimum Gasteiger partial charge on any atom is -0.497 e. The number of nitrogens with zero attached hydrogens (tertiary/aromatic N) is 1. The fraction of sp³-hybridized carbons (Fsp3) is 0.111. The number of hydrogen-bond donors (Lipinski definition) is 1. The molecule has 25 heavy (non-hydrogen) atoms. The highest BCUT2D eigenvalue weighted by molar-refractivity contribution is 9.10. The molecule has 0 atom stereocenters. The minimum atomic E-state index is -0.167. The summed E-state index contributed by atoms with van der Waals surface area (Å²) in [6.45, 7) is 0. The zero-order chi connectivity index (χ0) is 17.8. The molecule has 1 heterocycles. The Hall–Kier alpha value is -2.25. The maximum atomic E-state index is 12.2. The molecular formula is C18H15BrN2O3S. The number of nitrogens with one attached hydrogen (secondary N) is 1. The monoisotopic (exact) mass is 418 g/mol. The molecule has 0 saturated carbocycles. The first kappa shape index (κ1) is 17.6. The second kappa shape index (κ2) is 7.76. The summed E-state index contributed by atoms with van der Waals surface area (Å²) >= 11 is 4.69. The number of thioether (sulfide) groups is 1. The Morgan fingerprint density at radius 3 is 2.56 bits per heavy atom. The first-order valence-electron chi connectivity index (χ1n) is 7.36. The van der Waals surface area contributed by atoms with Gasteiger partial charge in [0.1, 0.15) is 17.2 Å². The van der Waals surface area contributed by atoms with Gasteiger partial charge in [-0.25, -0.2) is 4.99 Å². The molecule has 1 aliphatic heterocycles. The third-order valence-electron chi connectivity index (χ3n) is 3.43. The van der Waals surface area contributed by atoms with Crippen LogP contribution in [0.1, 0.15) is 5.56 Å². The van der Waals surface area contributed by atoms with Gasteiger partial charge in [-0.15, -0.1) is 0 Å². The Balaban J connectivity index is 1.85. The van der Waals surface area contributed by atoms with Gasteiger partial charge >= 0.3 is 0 Å². The van der Waals surface area contributed by atoms with Crippen molar-refractivity contribution in [2.75, 3.05) is 14.2 Å². The van der Waals surface area contributed by atoms with Crippen molar-refractivity contribution in [3.8, 4) is 11.5 Å². The van der Waals surface area contributed by atoms with E-state index in [0.29, 0.717) is 27.3 Å². The Labute approximate surface area is 158 Å². The van der Waals surface area contributed by atoms with Gasteiger partial charge in [-0.05, 0) is 47.7 Å². The van der Waals surface area contributed by atoms with Gasteiger partial charge in [0.05, 0.1) is 19.1 Å². The topological polar surface area (TPSA) is 59.9 Å². The van der Waals surface area contributed by atoms with Crippen LogP contribution in [-0.4, -0.2) is 25.3 Å². The van der Waals surface area contributed by atoms with Crippen molar-refractivity contribution in [3.05, 3.63) is 57.4 Å². The van der Waals surface area contributed by atoms with Crippen LogP contribution >= 0.6 is 27.7 Å². The van der Waals surface area contributed by atoms with Crippen LogP contribution in [0, 0.1) is 0 Å². The van der Waals surface area contributed by atoms with Crippen LogP contribution in [0.15, 0.2) is 56.8 Å². The Morgan fingerprint density at radius 2 is 1.88 bits per heavy atom. The molecule has 1 fully saturated rings. The van der Waals surface area contributed by atoms with Crippen molar-refractivity contribution in [2.24, 2.45) is 4.99 Å². The minimum absolute atomic E-state index is 0.167. The molecule has 7 heteroatoms. The number of halogens is 1. The van der Waals surface area contributed by atoms with Gasteiger partial charge in [-0.3, -0.25) is 4.79 Å². The van der Waals surface area contributed by atoms with Crippen LogP contribution in [0.4, 0.5) is 5.69 Å². The SMILES string of the molecule is COc1ccc(N=C2NC(=O)/C(=C/c3ccc(Br)cc3)S2)c(OC)c1. The van der Waals surface area contributed by atoms with E-state index in [9.17, 15) is 4.79 Å². The predicted octanol–water partition coefficient (Wildman–Crippen LogP) is 4.36. The predicted molar refractivity (Wildman–Crippen MR) is 104 cm³/mol. The highest BCUT2D eigenvalue weighted by Crippen LogP contribution is 2.34. The van der Waals surface area contributed by atoms with Gasteiger partial charge in [0, 0.05) is 10.5 Å². The van der Waals surface area contributed by atoms with E-state index in [2.05, 4.69) is 26.2 Å². The number of carbonyl (C=O) groups is 1. The summed E-state index contributed by atoms with van der Waals surface area (Å²) in [6, 6.07) is 13.1. The Kier molecular flexibility index (Phi) is 5.45. The molecule has 1 aliphatic rings. The molecule has 0 radical (unpaired) electrons. The number of methoxy groups -OCH3 is 2. The molecule has 2 aromatic carbocycles. The maximum absolute atomic E-state index is 12.2. The lowest BCUT2D eigenvalue weighted by Crippen LogP contribution is -2.19. The van der Waals surface area contributed by atoms with Gasteiger partial charge in [0.25, 0.3) is 5.91 Å². The largest absolute Gasteiger partial charge is 0.497 e. The number of carbonyl (C=O) groups excluding carboxylic acids is 1. The van der Waals surface area contributed by atoms with Crippen molar-refractivity contribution >= 4 is 50.5 Å². The van der Waals surface area contributed by atoms with Gasteiger partial charge in [0.15, 0.2) is 5.17 Å². The molecule has 1 saturated heterocycles. The lowest BCUT2D eigenvalue weighted by molar-refractivity contribution is -0.115. The lowest BCUT2D eigenvalue weighted by atomic mass is 10.2. The normalized spacial score (nSPS) is 17.0. The molecule has 2 aromatic rings. The van der Waals surface area contributed by atoms with E-state index in [0.717, 1.165) is 10.0 Å². The molecule has 0 aromatic heterocycles. The first-order valence-corrected chi connectivity index (χ1v) is 8.97. The van der Waals surface area contributed by atoms with E-state index < -0.39 is 0 Å². The first-order chi connectivity index (χ1) is 12.1. The summed E-state index contributed by atoms with van der Waals surface area (Å²) in [7, 11) is 3.16. The maximum Gasteiger partial charge on any atom is 0.264 e. The molecule has 1 amide bonds. The number of aliphatic imine (C=N–C) groups is 1. The summed E-state index contributed by atoms with van der Waals surface area (Å²) in [4.78, 5) is 17.2. The van der Waals surface area contributed by atoms with Crippen molar-refractivity contribution in [2.45, 2.75) is 0 Å². The van der Waals surface area contributed by atoms with Crippen molar-refractivity contribution in [1.29, 1.82) is 0 Å². The fourth-order valence-corrected chi connectivity index (χ4v) is 3.28. The van der Waals surface area contributed by atoms with Crippen LogP contribution in [0.2, 0.25) is 0 Å². The molecular weight excluding hydrogens is 404 g/mol. The van der Waals surface area contributed by atoms with Gasteiger partial charge in [-0.2, -0.15) is 0 Å². The summed E-state index contributed by atoms with van der Waals surface area (Å²) in [6.07, 6.45) is 1.83. The molecule has 1 N–H and O–H groups in total. The van der Waals surface area contributed by atoms with Crippen molar-refractivity contribution in [1.82, 2.24) is 5.32 Å². The third-order valence-corrected chi connectivity index (χ3v) is 4.87. The number of hydrogen-bond acceptors (Lipinski definition) is 5. The summed E-state index contributed by atoms with van der Waals surface area (Å²) < 4.78 is 11.5. The van der Waals surface area contributed by atoms with E-state index in [-0.39, 0.29) is 5.91 Å². The average molecular weight is 419 g/mol. The van der Waals surface area contributed by atoms with Crippen LogP contribution in [0.3, 0.4) is 0 Å². The smallest absolute Gasteiger partial charge is 0.264 e. The van der Waals surface area contributed by atoms with Gasteiger partial charge in [-0.1, -0.05) is 28.1 Å². The standard InChI is InChI=1S/C18H15BrN2O3S/c1-23-13-7-8-14(15(10-13)24-2)20-18-21-17(22)16(25-18)9-11-3-5-12(19)6-4-11/h3-10H,1-2H3,(H,20,21,22)/b16-9-. The number of ether oxygens (including phenoxy) is 2. The van der Waals surface area contributed by atoms with E-state index in [1.807, 2.05) is 30.3 Å². The molecule has 128 valence electrons. The number of benzene rings is 2. The molecule has 0 bridgehead atoms. The second-order valence-corrected chi connectivity index (χ2v) is 7.02. The molecule has 0 unspecified atom stereocenters. The molecule has 0 aliphatic carbocycles. The van der Waals surface area contributed by atoms with E-state index in [1.54, 1.807) is 32.4 Å². The number of rotatable bonds is 4. The Bertz CT molecular complexity index is 863. The van der Waals surface area contributed by atoms with E-state index in [1.165, 1.54) is 11.8 Å². The van der Waals surface area contributed by atoms with Crippen LogP contribution in [0.5, 0.6) is 11.5 Å². The molecule has 3 rings (SSSR count). The summed E-state index contributed by atoms with van der Waals surface area (Å²) in [5, 5.41) is 3.28. The zero-order valence-electron chi connectivity index (χ0n) is 13.6. The van der Waals surface area contributed by atoms with Crippen molar-refractivity contribution in [3.63, 3.8) is 0 Å². The summed E-state index contributed by atoms with van der Waals surface area (Å²) in [5.74, 6) is 1.09. The molecule has 0 spiro atoms. The number of amides is 1. The second-order valence-electron chi connectivity index (χ2n) is 5.07. The lowest BCUT2D eigenvalue weighted by Gasteiger charge is -2.07. The fourth-order valence-electron chi connectivity index (χ4n) is 2.18. The van der Waals surface area contributed by atoms with Gasteiger partial charge in [0.2, 0.25) is 0 Å². The highest BCUT2D eigenvalue weighted by atomic mass is 79.9. The molecule has 5 nitrogen and oxygen atoms in total. The highest BCUT2D eigenvalue weighted by Gasteiger charge is 2.24. The average Bonchev–Trinajstić information content (AvgIpc) is 2.96. The quantitative estimate of drug-likeness (QED) is 0.749.